The van der Waals surface area contributed by atoms with E-state index in [1.807, 2.05) is 7.05 Å². The lowest BCUT2D eigenvalue weighted by molar-refractivity contribution is 0.0658. The zero-order chi connectivity index (χ0) is 13.0. The fraction of sp³-hybridized carbons (Fsp3) is 0.615. The van der Waals surface area contributed by atoms with E-state index in [1.54, 1.807) is 6.07 Å². The van der Waals surface area contributed by atoms with E-state index >= 15 is 0 Å². The normalized spacial score (nSPS) is 20.2. The van der Waals surface area contributed by atoms with Gasteiger partial charge >= 0.3 is 5.97 Å². The molecule has 100 valence electrons. The summed E-state index contributed by atoms with van der Waals surface area (Å²) in [5.41, 5.74) is 0. The maximum atomic E-state index is 10.7. The number of nitrogens with one attached hydrogen (secondary N) is 1. The molecule has 2 heterocycles. The first kappa shape index (κ1) is 13.1. The van der Waals surface area contributed by atoms with Gasteiger partial charge in [0, 0.05) is 12.6 Å². The van der Waals surface area contributed by atoms with Crippen LogP contribution in [0.4, 0.5) is 0 Å². The third-order valence-electron chi connectivity index (χ3n) is 3.24. The van der Waals surface area contributed by atoms with Crippen LogP contribution in [-0.2, 0) is 6.54 Å². The molecule has 5 nitrogen and oxygen atoms in total. The summed E-state index contributed by atoms with van der Waals surface area (Å²) < 4.78 is 5.24. The van der Waals surface area contributed by atoms with Gasteiger partial charge in [-0.05, 0) is 38.6 Å². The second-order valence-electron chi connectivity index (χ2n) is 4.91. The lowest BCUT2D eigenvalue weighted by Crippen LogP contribution is -2.42. The molecule has 5 heteroatoms. The molecule has 1 aromatic heterocycles. The van der Waals surface area contributed by atoms with Gasteiger partial charge in [-0.15, -0.1) is 0 Å². The quantitative estimate of drug-likeness (QED) is 0.832. The summed E-state index contributed by atoms with van der Waals surface area (Å²) in [6, 6.07) is 3.77. The number of carbonyl (C=O) groups is 1. The summed E-state index contributed by atoms with van der Waals surface area (Å²) in [5.74, 6) is -0.308. The number of nitrogens with zero attached hydrogens (tertiary/aromatic N) is 1. The number of aromatic carboxylic acids is 1. The lowest BCUT2D eigenvalue weighted by Gasteiger charge is -2.27. The molecule has 0 saturated carbocycles. The molecule has 0 aromatic carbocycles. The highest BCUT2D eigenvalue weighted by molar-refractivity contribution is 5.84. The Balaban J connectivity index is 1.82. The molecule has 1 aromatic rings. The van der Waals surface area contributed by atoms with Gasteiger partial charge in [0.25, 0.3) is 0 Å². The van der Waals surface area contributed by atoms with Gasteiger partial charge in [-0.3, -0.25) is 4.90 Å². The van der Waals surface area contributed by atoms with Crippen molar-refractivity contribution in [2.24, 2.45) is 0 Å². The lowest BCUT2D eigenvalue weighted by atomic mass is 10.0. The number of piperidine rings is 1. The summed E-state index contributed by atoms with van der Waals surface area (Å²) in [6.45, 7) is 2.71. The molecule has 2 rings (SSSR count). The fourth-order valence-corrected chi connectivity index (χ4v) is 2.36. The standard InChI is InChI=1S/C13H20N2O3/c1-15(8-10-4-2-3-7-14-10)9-11-5-6-12(18-11)13(16)17/h5-6,10,14H,2-4,7-9H2,1H3,(H,16,17). The van der Waals surface area contributed by atoms with Crippen LogP contribution in [0.1, 0.15) is 35.6 Å². The topological polar surface area (TPSA) is 65.7 Å². The van der Waals surface area contributed by atoms with Crippen molar-refractivity contribution in [2.45, 2.75) is 31.8 Å². The monoisotopic (exact) mass is 252 g/mol. The Bertz CT molecular complexity index is 397. The number of carboxylic acid groups (broad SMARTS) is 1. The smallest absolute Gasteiger partial charge is 0.371 e. The van der Waals surface area contributed by atoms with Gasteiger partial charge in [-0.1, -0.05) is 6.42 Å². The third kappa shape index (κ3) is 3.58. The molecular weight excluding hydrogens is 232 g/mol. The van der Waals surface area contributed by atoms with E-state index in [0.717, 1.165) is 13.1 Å². The van der Waals surface area contributed by atoms with Gasteiger partial charge in [0.2, 0.25) is 5.76 Å². The van der Waals surface area contributed by atoms with Gasteiger partial charge in [-0.2, -0.15) is 0 Å². The first-order valence-corrected chi connectivity index (χ1v) is 6.39. The zero-order valence-electron chi connectivity index (χ0n) is 10.7. The predicted octanol–water partition coefficient (Wildman–Crippen LogP) is 1.55. The van der Waals surface area contributed by atoms with Gasteiger partial charge in [0.15, 0.2) is 0 Å². The van der Waals surface area contributed by atoms with Crippen LogP contribution in [0.15, 0.2) is 16.5 Å². The van der Waals surface area contributed by atoms with E-state index in [-0.39, 0.29) is 5.76 Å². The van der Waals surface area contributed by atoms with E-state index in [0.29, 0.717) is 18.3 Å². The summed E-state index contributed by atoms with van der Waals surface area (Å²) in [5, 5.41) is 12.3. The minimum atomic E-state index is -1.02. The first-order chi connectivity index (χ1) is 8.65. The van der Waals surface area contributed by atoms with Crippen LogP contribution in [-0.4, -0.2) is 42.2 Å². The number of carboxylic acids is 1. The van der Waals surface area contributed by atoms with Crippen LogP contribution in [0.5, 0.6) is 0 Å². The van der Waals surface area contributed by atoms with Crippen molar-refractivity contribution in [1.29, 1.82) is 0 Å². The average Bonchev–Trinajstić information content (AvgIpc) is 2.78. The fourth-order valence-electron chi connectivity index (χ4n) is 2.36. The van der Waals surface area contributed by atoms with Gasteiger partial charge in [0.1, 0.15) is 5.76 Å². The summed E-state index contributed by atoms with van der Waals surface area (Å²) in [4.78, 5) is 12.9. The molecule has 0 aliphatic carbocycles. The van der Waals surface area contributed by atoms with Crippen LogP contribution in [0.25, 0.3) is 0 Å². The Labute approximate surface area is 107 Å². The number of hydrogen-bond acceptors (Lipinski definition) is 4. The molecule has 0 bridgehead atoms. The summed E-state index contributed by atoms with van der Waals surface area (Å²) >= 11 is 0. The molecule has 1 aliphatic heterocycles. The van der Waals surface area contributed by atoms with E-state index in [4.69, 9.17) is 9.52 Å². The molecule has 0 spiro atoms. The van der Waals surface area contributed by atoms with Gasteiger partial charge in [-0.25, -0.2) is 4.79 Å². The molecule has 0 amide bonds. The molecule has 1 aliphatic rings. The Hall–Kier alpha value is -1.33. The molecule has 1 atom stereocenters. The predicted molar refractivity (Wildman–Crippen MR) is 67.6 cm³/mol. The zero-order valence-corrected chi connectivity index (χ0v) is 10.7. The van der Waals surface area contributed by atoms with Crippen molar-refractivity contribution < 1.29 is 14.3 Å². The highest BCUT2D eigenvalue weighted by Gasteiger charge is 2.16. The summed E-state index contributed by atoms with van der Waals surface area (Å²) in [6.07, 6.45) is 3.76. The highest BCUT2D eigenvalue weighted by Crippen LogP contribution is 2.12. The largest absolute Gasteiger partial charge is 0.475 e. The summed E-state index contributed by atoms with van der Waals surface area (Å²) in [7, 11) is 2.03. The molecule has 1 saturated heterocycles. The molecule has 18 heavy (non-hydrogen) atoms. The van der Waals surface area contributed by atoms with Crippen LogP contribution in [0, 0.1) is 0 Å². The Morgan fingerprint density at radius 2 is 2.39 bits per heavy atom. The van der Waals surface area contributed by atoms with Crippen molar-refractivity contribution >= 4 is 5.97 Å². The van der Waals surface area contributed by atoms with Gasteiger partial charge < -0.3 is 14.8 Å². The van der Waals surface area contributed by atoms with Crippen LogP contribution in [0.2, 0.25) is 0 Å². The highest BCUT2D eigenvalue weighted by atomic mass is 16.4. The molecule has 1 unspecified atom stereocenters. The van der Waals surface area contributed by atoms with Crippen molar-refractivity contribution in [3.8, 4) is 0 Å². The van der Waals surface area contributed by atoms with E-state index < -0.39 is 5.97 Å². The number of rotatable bonds is 5. The first-order valence-electron chi connectivity index (χ1n) is 6.39. The van der Waals surface area contributed by atoms with Crippen molar-refractivity contribution in [2.75, 3.05) is 20.1 Å². The van der Waals surface area contributed by atoms with E-state index in [1.165, 1.54) is 25.3 Å². The Morgan fingerprint density at radius 1 is 1.56 bits per heavy atom. The maximum absolute atomic E-state index is 10.7. The third-order valence-corrected chi connectivity index (χ3v) is 3.24. The van der Waals surface area contributed by atoms with Crippen molar-refractivity contribution in [1.82, 2.24) is 10.2 Å². The number of furan rings is 1. The van der Waals surface area contributed by atoms with Crippen molar-refractivity contribution in [3.63, 3.8) is 0 Å². The van der Waals surface area contributed by atoms with Crippen LogP contribution < -0.4 is 5.32 Å². The Morgan fingerprint density at radius 3 is 3.00 bits per heavy atom. The van der Waals surface area contributed by atoms with Crippen LogP contribution >= 0.6 is 0 Å². The molecule has 0 radical (unpaired) electrons. The van der Waals surface area contributed by atoms with E-state index in [9.17, 15) is 4.79 Å². The minimum Gasteiger partial charge on any atom is -0.475 e. The molecular formula is C13H20N2O3. The van der Waals surface area contributed by atoms with Gasteiger partial charge in [0.05, 0.1) is 6.54 Å². The average molecular weight is 252 g/mol. The number of hydrogen-bond donors (Lipinski definition) is 2. The second kappa shape index (κ2) is 6.02. The van der Waals surface area contributed by atoms with E-state index in [2.05, 4.69) is 10.2 Å². The molecule has 1 fully saturated rings. The minimum absolute atomic E-state index is 0.00851. The SMILES string of the molecule is CN(Cc1ccc(C(=O)O)o1)CC1CCCCN1. The number of likely N-dealkylation sites (N-methyl/N-ethyl adjacent to an activating group) is 1. The second-order valence-corrected chi connectivity index (χ2v) is 4.91. The van der Waals surface area contributed by atoms with Crippen LogP contribution in [0.3, 0.4) is 0 Å². The maximum Gasteiger partial charge on any atom is 0.371 e. The van der Waals surface area contributed by atoms with Crippen molar-refractivity contribution in [3.05, 3.63) is 23.7 Å². The Kier molecular flexibility index (Phi) is 4.38. The molecule has 2 N–H and O–H groups in total.